The number of hydrogen-bond acceptors (Lipinski definition) is 1. The van der Waals surface area contributed by atoms with Crippen LogP contribution in [0.4, 0.5) is 4.39 Å². The fourth-order valence-corrected chi connectivity index (χ4v) is 2.81. The molecule has 0 unspecified atom stereocenters. The molecule has 1 heterocycles. The standard InChI is InChI=1S/C10H8ClFS/c1-6-5-13-10-7(6)2-3-9(12)8(10)4-11/h2-3,5H,4H2,1H3. The van der Waals surface area contributed by atoms with E-state index in [0.29, 0.717) is 5.56 Å². The zero-order valence-electron chi connectivity index (χ0n) is 7.10. The van der Waals surface area contributed by atoms with Crippen molar-refractivity contribution in [2.75, 3.05) is 0 Å². The molecule has 0 saturated heterocycles. The highest BCUT2D eigenvalue weighted by Gasteiger charge is 2.09. The summed E-state index contributed by atoms with van der Waals surface area (Å²) in [5.74, 6) is 0.0349. The van der Waals surface area contributed by atoms with Gasteiger partial charge in [-0.3, -0.25) is 0 Å². The van der Waals surface area contributed by atoms with Crippen LogP contribution in [0.2, 0.25) is 0 Å². The SMILES string of the molecule is Cc1csc2c(CCl)c(F)ccc12. The zero-order valence-corrected chi connectivity index (χ0v) is 8.68. The van der Waals surface area contributed by atoms with Gasteiger partial charge in [-0.2, -0.15) is 0 Å². The number of aryl methyl sites for hydroxylation is 1. The first kappa shape index (κ1) is 8.97. The Kier molecular flexibility index (Phi) is 2.26. The minimum atomic E-state index is -0.204. The summed E-state index contributed by atoms with van der Waals surface area (Å²) in [6.45, 7) is 2.02. The average molecular weight is 215 g/mol. The summed E-state index contributed by atoms with van der Waals surface area (Å²) in [7, 11) is 0. The Morgan fingerprint density at radius 3 is 2.92 bits per heavy atom. The maximum atomic E-state index is 13.3. The van der Waals surface area contributed by atoms with Crippen molar-refractivity contribution in [3.8, 4) is 0 Å². The van der Waals surface area contributed by atoms with Gasteiger partial charge >= 0.3 is 0 Å². The van der Waals surface area contributed by atoms with Gasteiger partial charge in [0.2, 0.25) is 0 Å². The molecule has 0 atom stereocenters. The molecule has 0 aliphatic rings. The molecule has 1 aromatic carbocycles. The number of hydrogen-bond donors (Lipinski definition) is 0. The third-order valence-electron chi connectivity index (χ3n) is 2.12. The van der Waals surface area contributed by atoms with Crippen molar-refractivity contribution < 1.29 is 4.39 Å². The number of rotatable bonds is 1. The molecule has 3 heteroatoms. The Bertz CT molecular complexity index is 447. The van der Waals surface area contributed by atoms with Crippen molar-refractivity contribution in [1.82, 2.24) is 0 Å². The number of fused-ring (bicyclic) bond motifs is 1. The van der Waals surface area contributed by atoms with E-state index in [0.717, 1.165) is 10.1 Å². The summed E-state index contributed by atoms with van der Waals surface area (Å²) in [5.41, 5.74) is 1.81. The van der Waals surface area contributed by atoms with Crippen molar-refractivity contribution in [3.63, 3.8) is 0 Å². The van der Waals surface area contributed by atoms with Gasteiger partial charge in [0.05, 0.1) is 5.88 Å². The van der Waals surface area contributed by atoms with Crippen molar-refractivity contribution >= 4 is 33.0 Å². The first-order chi connectivity index (χ1) is 6.24. The minimum Gasteiger partial charge on any atom is -0.207 e. The largest absolute Gasteiger partial charge is 0.207 e. The summed E-state index contributed by atoms with van der Waals surface area (Å²) in [5, 5.41) is 3.14. The van der Waals surface area contributed by atoms with Gasteiger partial charge in [-0.25, -0.2) is 4.39 Å². The predicted octanol–water partition coefficient (Wildman–Crippen LogP) is 4.09. The molecule has 1 aromatic heterocycles. The molecule has 2 rings (SSSR count). The van der Waals surface area contributed by atoms with Crippen LogP contribution in [0.5, 0.6) is 0 Å². The van der Waals surface area contributed by atoms with Crippen LogP contribution < -0.4 is 0 Å². The van der Waals surface area contributed by atoms with Gasteiger partial charge < -0.3 is 0 Å². The molecule has 0 aliphatic heterocycles. The highest BCUT2D eigenvalue weighted by molar-refractivity contribution is 7.17. The van der Waals surface area contributed by atoms with Gasteiger partial charge in [-0.05, 0) is 29.3 Å². The maximum absolute atomic E-state index is 13.3. The van der Waals surface area contributed by atoms with E-state index < -0.39 is 0 Å². The summed E-state index contributed by atoms with van der Waals surface area (Å²) < 4.78 is 14.2. The quantitative estimate of drug-likeness (QED) is 0.628. The van der Waals surface area contributed by atoms with Gasteiger partial charge in [0.15, 0.2) is 0 Å². The van der Waals surface area contributed by atoms with E-state index >= 15 is 0 Å². The zero-order chi connectivity index (χ0) is 9.42. The number of thiophene rings is 1. The van der Waals surface area contributed by atoms with Crippen LogP contribution in [0.3, 0.4) is 0 Å². The smallest absolute Gasteiger partial charge is 0.129 e. The summed E-state index contributed by atoms with van der Waals surface area (Å²) in [4.78, 5) is 0. The summed E-state index contributed by atoms with van der Waals surface area (Å²) in [6, 6.07) is 3.30. The average Bonchev–Trinajstić information content (AvgIpc) is 2.48. The molecule has 0 spiro atoms. The molecule has 68 valence electrons. The van der Waals surface area contributed by atoms with E-state index in [-0.39, 0.29) is 11.7 Å². The summed E-state index contributed by atoms with van der Waals surface area (Å²) in [6.07, 6.45) is 0. The third-order valence-corrected chi connectivity index (χ3v) is 3.56. The van der Waals surface area contributed by atoms with Crippen molar-refractivity contribution in [2.24, 2.45) is 0 Å². The second-order valence-electron chi connectivity index (χ2n) is 2.95. The molecule has 0 fully saturated rings. The molecule has 2 aromatic rings. The van der Waals surface area contributed by atoms with Crippen LogP contribution in [0, 0.1) is 12.7 Å². The monoisotopic (exact) mass is 214 g/mol. The molecule has 0 radical (unpaired) electrons. The topological polar surface area (TPSA) is 0 Å². The number of halogens is 2. The Labute approximate surface area is 85.0 Å². The lowest BCUT2D eigenvalue weighted by atomic mass is 10.1. The second-order valence-corrected chi connectivity index (χ2v) is 4.10. The van der Waals surface area contributed by atoms with Gasteiger partial charge in [0, 0.05) is 10.3 Å². The molecular weight excluding hydrogens is 207 g/mol. The fraction of sp³-hybridized carbons (Fsp3) is 0.200. The first-order valence-electron chi connectivity index (χ1n) is 3.95. The summed E-state index contributed by atoms with van der Waals surface area (Å²) >= 11 is 7.24. The van der Waals surface area contributed by atoms with Crippen molar-refractivity contribution in [1.29, 1.82) is 0 Å². The third kappa shape index (κ3) is 1.34. The van der Waals surface area contributed by atoms with E-state index in [1.54, 1.807) is 11.3 Å². The van der Waals surface area contributed by atoms with E-state index in [9.17, 15) is 4.39 Å². The van der Waals surface area contributed by atoms with E-state index in [1.165, 1.54) is 11.6 Å². The second kappa shape index (κ2) is 3.28. The number of alkyl halides is 1. The van der Waals surface area contributed by atoms with E-state index in [1.807, 2.05) is 18.4 Å². The van der Waals surface area contributed by atoms with E-state index in [2.05, 4.69) is 0 Å². The minimum absolute atomic E-state index is 0.204. The molecule has 0 nitrogen and oxygen atoms in total. The molecule has 0 amide bonds. The molecule has 0 saturated carbocycles. The Hall–Kier alpha value is -0.600. The van der Waals surface area contributed by atoms with Gasteiger partial charge in [0.1, 0.15) is 5.82 Å². The van der Waals surface area contributed by atoms with Crippen LogP contribution in [-0.4, -0.2) is 0 Å². The lowest BCUT2D eigenvalue weighted by molar-refractivity contribution is 0.620. The van der Waals surface area contributed by atoms with E-state index in [4.69, 9.17) is 11.6 Å². The fourth-order valence-electron chi connectivity index (χ4n) is 1.38. The number of benzene rings is 1. The maximum Gasteiger partial charge on any atom is 0.129 e. The molecule has 0 bridgehead atoms. The highest BCUT2D eigenvalue weighted by Crippen LogP contribution is 2.30. The Morgan fingerprint density at radius 2 is 2.23 bits per heavy atom. The molecule has 13 heavy (non-hydrogen) atoms. The van der Waals surface area contributed by atoms with Gasteiger partial charge in [-0.1, -0.05) is 6.07 Å². The normalized spacial score (nSPS) is 11.0. The Morgan fingerprint density at radius 1 is 1.46 bits per heavy atom. The molecule has 0 aliphatic carbocycles. The van der Waals surface area contributed by atoms with Crippen LogP contribution in [0.15, 0.2) is 17.5 Å². The molecule has 0 N–H and O–H groups in total. The van der Waals surface area contributed by atoms with Gasteiger partial charge in [0.25, 0.3) is 0 Å². The van der Waals surface area contributed by atoms with Crippen LogP contribution >= 0.6 is 22.9 Å². The molecular formula is C10H8ClFS. The lowest BCUT2D eigenvalue weighted by Gasteiger charge is -2.00. The van der Waals surface area contributed by atoms with Crippen molar-refractivity contribution in [2.45, 2.75) is 12.8 Å². The van der Waals surface area contributed by atoms with Gasteiger partial charge in [-0.15, -0.1) is 22.9 Å². The van der Waals surface area contributed by atoms with Crippen LogP contribution in [0.1, 0.15) is 11.1 Å². The van der Waals surface area contributed by atoms with Crippen LogP contribution in [0.25, 0.3) is 10.1 Å². The van der Waals surface area contributed by atoms with Crippen LogP contribution in [-0.2, 0) is 5.88 Å². The first-order valence-corrected chi connectivity index (χ1v) is 5.36. The lowest BCUT2D eigenvalue weighted by Crippen LogP contribution is -1.85. The predicted molar refractivity (Wildman–Crippen MR) is 56.1 cm³/mol. The van der Waals surface area contributed by atoms with Crippen molar-refractivity contribution in [3.05, 3.63) is 34.5 Å². The highest BCUT2D eigenvalue weighted by atomic mass is 35.5. The Balaban J connectivity index is 2.85.